The Morgan fingerprint density at radius 1 is 1.11 bits per heavy atom. The Labute approximate surface area is 162 Å². The molecule has 27 heavy (non-hydrogen) atoms. The Kier molecular flexibility index (Phi) is 6.65. The van der Waals surface area contributed by atoms with Gasteiger partial charge in [-0.25, -0.2) is 4.98 Å². The first-order valence-corrected chi connectivity index (χ1v) is 10.1. The highest BCUT2D eigenvalue weighted by Crippen LogP contribution is 2.18. The first-order chi connectivity index (χ1) is 13.2. The predicted molar refractivity (Wildman–Crippen MR) is 110 cm³/mol. The van der Waals surface area contributed by atoms with Gasteiger partial charge in [-0.3, -0.25) is 14.2 Å². The zero-order valence-electron chi connectivity index (χ0n) is 15.4. The SMILES string of the molecule is CCNC(=O)CSc1nc2ccccc2c(=O)n1CCCc1ccccc1. The fourth-order valence-corrected chi connectivity index (χ4v) is 3.77. The second-order valence-electron chi connectivity index (χ2n) is 6.20. The number of amides is 1. The summed E-state index contributed by atoms with van der Waals surface area (Å²) in [5, 5.41) is 3.98. The van der Waals surface area contributed by atoms with Gasteiger partial charge in [0.15, 0.2) is 5.16 Å². The molecule has 5 nitrogen and oxygen atoms in total. The van der Waals surface area contributed by atoms with Gasteiger partial charge >= 0.3 is 0 Å². The van der Waals surface area contributed by atoms with E-state index in [0.717, 1.165) is 12.8 Å². The topological polar surface area (TPSA) is 64.0 Å². The zero-order chi connectivity index (χ0) is 19.1. The van der Waals surface area contributed by atoms with Crippen LogP contribution in [-0.4, -0.2) is 27.8 Å². The molecule has 0 radical (unpaired) electrons. The number of hydrogen-bond donors (Lipinski definition) is 1. The molecule has 0 bridgehead atoms. The molecule has 0 aliphatic carbocycles. The molecule has 1 aromatic heterocycles. The van der Waals surface area contributed by atoms with Crippen molar-refractivity contribution in [2.75, 3.05) is 12.3 Å². The summed E-state index contributed by atoms with van der Waals surface area (Å²) in [6.07, 6.45) is 1.72. The van der Waals surface area contributed by atoms with E-state index >= 15 is 0 Å². The summed E-state index contributed by atoms with van der Waals surface area (Å²) >= 11 is 1.31. The lowest BCUT2D eigenvalue weighted by Crippen LogP contribution is -2.27. The van der Waals surface area contributed by atoms with Crippen molar-refractivity contribution in [1.82, 2.24) is 14.9 Å². The zero-order valence-corrected chi connectivity index (χ0v) is 16.2. The lowest BCUT2D eigenvalue weighted by atomic mass is 10.1. The minimum absolute atomic E-state index is 0.0490. The third-order valence-corrected chi connectivity index (χ3v) is 5.20. The Morgan fingerprint density at radius 3 is 2.63 bits per heavy atom. The maximum absolute atomic E-state index is 13.0. The summed E-state index contributed by atoms with van der Waals surface area (Å²) in [4.78, 5) is 29.4. The number of nitrogens with zero attached hydrogens (tertiary/aromatic N) is 2. The predicted octanol–water partition coefficient (Wildman–Crippen LogP) is 3.26. The van der Waals surface area contributed by atoms with Gasteiger partial charge in [0.05, 0.1) is 16.7 Å². The van der Waals surface area contributed by atoms with Gasteiger partial charge in [-0.05, 0) is 37.5 Å². The van der Waals surface area contributed by atoms with Gasteiger partial charge in [0, 0.05) is 13.1 Å². The molecule has 1 heterocycles. The van der Waals surface area contributed by atoms with Crippen molar-refractivity contribution in [3.63, 3.8) is 0 Å². The standard InChI is InChI=1S/C21H23N3O2S/c1-2-22-19(25)15-27-21-23-18-13-7-6-12-17(18)20(26)24(21)14-8-11-16-9-4-3-5-10-16/h3-7,9-10,12-13H,2,8,11,14-15H2,1H3,(H,22,25). The summed E-state index contributed by atoms with van der Waals surface area (Å²) in [5.41, 5.74) is 1.86. The van der Waals surface area contributed by atoms with Crippen LogP contribution in [0.3, 0.4) is 0 Å². The molecule has 3 rings (SSSR count). The van der Waals surface area contributed by atoms with E-state index in [1.807, 2.05) is 43.3 Å². The lowest BCUT2D eigenvalue weighted by molar-refractivity contribution is -0.118. The van der Waals surface area contributed by atoms with Gasteiger partial charge in [-0.2, -0.15) is 0 Å². The molecule has 0 spiro atoms. The number of carbonyl (C=O) groups excluding carboxylic acids is 1. The number of carbonyl (C=O) groups is 1. The van der Waals surface area contributed by atoms with Crippen LogP contribution in [0, 0.1) is 0 Å². The van der Waals surface area contributed by atoms with Crippen LogP contribution in [0.2, 0.25) is 0 Å². The third-order valence-electron chi connectivity index (χ3n) is 4.22. The minimum atomic E-state index is -0.0549. The van der Waals surface area contributed by atoms with Crippen LogP contribution in [0.25, 0.3) is 10.9 Å². The average Bonchev–Trinajstić information content (AvgIpc) is 2.69. The summed E-state index contributed by atoms with van der Waals surface area (Å²) in [7, 11) is 0. The van der Waals surface area contributed by atoms with Crippen LogP contribution in [0.15, 0.2) is 64.5 Å². The molecule has 1 amide bonds. The molecule has 3 aromatic rings. The van der Waals surface area contributed by atoms with Crippen molar-refractivity contribution in [2.24, 2.45) is 0 Å². The Bertz CT molecular complexity index is 970. The van der Waals surface area contributed by atoms with E-state index < -0.39 is 0 Å². The molecule has 0 atom stereocenters. The average molecular weight is 382 g/mol. The molecule has 0 aliphatic heterocycles. The molecule has 0 fully saturated rings. The molecule has 140 valence electrons. The highest BCUT2D eigenvalue weighted by molar-refractivity contribution is 7.99. The van der Waals surface area contributed by atoms with Crippen molar-refractivity contribution >= 4 is 28.6 Å². The maximum atomic E-state index is 13.0. The van der Waals surface area contributed by atoms with Crippen LogP contribution < -0.4 is 10.9 Å². The number of benzene rings is 2. The van der Waals surface area contributed by atoms with E-state index in [4.69, 9.17) is 0 Å². The maximum Gasteiger partial charge on any atom is 0.262 e. The molecule has 0 saturated carbocycles. The molecule has 0 saturated heterocycles. The van der Waals surface area contributed by atoms with Gasteiger partial charge < -0.3 is 5.32 Å². The number of nitrogens with one attached hydrogen (secondary N) is 1. The van der Waals surface area contributed by atoms with Gasteiger partial charge in [-0.1, -0.05) is 54.2 Å². The molecule has 6 heteroatoms. The Balaban J connectivity index is 1.83. The van der Waals surface area contributed by atoms with Crippen LogP contribution in [0.4, 0.5) is 0 Å². The smallest absolute Gasteiger partial charge is 0.262 e. The number of thioether (sulfide) groups is 1. The molecule has 0 aliphatic rings. The van der Waals surface area contributed by atoms with E-state index in [9.17, 15) is 9.59 Å². The Hall–Kier alpha value is -2.60. The first-order valence-electron chi connectivity index (χ1n) is 9.12. The van der Waals surface area contributed by atoms with E-state index in [-0.39, 0.29) is 17.2 Å². The summed E-state index contributed by atoms with van der Waals surface area (Å²) in [6, 6.07) is 17.6. The number of rotatable bonds is 8. The number of fused-ring (bicyclic) bond motifs is 1. The van der Waals surface area contributed by atoms with Crippen molar-refractivity contribution in [2.45, 2.75) is 31.5 Å². The van der Waals surface area contributed by atoms with Crippen molar-refractivity contribution < 1.29 is 4.79 Å². The number of aryl methyl sites for hydroxylation is 1. The fraction of sp³-hybridized carbons (Fsp3) is 0.286. The van der Waals surface area contributed by atoms with E-state index in [2.05, 4.69) is 22.4 Å². The van der Waals surface area contributed by atoms with Crippen LogP contribution in [0.1, 0.15) is 18.9 Å². The van der Waals surface area contributed by atoms with E-state index in [1.165, 1.54) is 17.3 Å². The minimum Gasteiger partial charge on any atom is -0.356 e. The molecular formula is C21H23N3O2S. The van der Waals surface area contributed by atoms with Crippen molar-refractivity contribution in [1.29, 1.82) is 0 Å². The third kappa shape index (κ3) is 4.98. The highest BCUT2D eigenvalue weighted by Gasteiger charge is 2.13. The second kappa shape index (κ2) is 9.37. The molecule has 2 aromatic carbocycles. The van der Waals surface area contributed by atoms with Gasteiger partial charge in [0.1, 0.15) is 0 Å². The second-order valence-corrected chi connectivity index (χ2v) is 7.14. The van der Waals surface area contributed by atoms with Gasteiger partial charge in [-0.15, -0.1) is 0 Å². The fourth-order valence-electron chi connectivity index (χ4n) is 2.92. The normalized spacial score (nSPS) is 10.9. The largest absolute Gasteiger partial charge is 0.356 e. The quantitative estimate of drug-likeness (QED) is 0.480. The molecule has 1 N–H and O–H groups in total. The molecule has 0 unspecified atom stereocenters. The number of para-hydroxylation sites is 1. The summed E-state index contributed by atoms with van der Waals surface area (Å²) in [5.74, 6) is 0.192. The summed E-state index contributed by atoms with van der Waals surface area (Å²) < 4.78 is 1.70. The highest BCUT2D eigenvalue weighted by atomic mass is 32.2. The van der Waals surface area contributed by atoms with Crippen molar-refractivity contribution in [3.05, 3.63) is 70.5 Å². The van der Waals surface area contributed by atoms with E-state index in [0.29, 0.717) is 29.1 Å². The monoisotopic (exact) mass is 381 g/mol. The summed E-state index contributed by atoms with van der Waals surface area (Å²) in [6.45, 7) is 3.05. The molecular weight excluding hydrogens is 358 g/mol. The van der Waals surface area contributed by atoms with E-state index in [1.54, 1.807) is 10.6 Å². The van der Waals surface area contributed by atoms with Crippen LogP contribution >= 0.6 is 11.8 Å². The number of aromatic nitrogens is 2. The van der Waals surface area contributed by atoms with Crippen molar-refractivity contribution in [3.8, 4) is 0 Å². The first kappa shape index (κ1) is 19.2. The lowest BCUT2D eigenvalue weighted by Gasteiger charge is -2.13. The number of hydrogen-bond acceptors (Lipinski definition) is 4. The van der Waals surface area contributed by atoms with Gasteiger partial charge in [0.2, 0.25) is 5.91 Å². The van der Waals surface area contributed by atoms with Crippen LogP contribution in [0.5, 0.6) is 0 Å². The van der Waals surface area contributed by atoms with Crippen LogP contribution in [-0.2, 0) is 17.8 Å². The van der Waals surface area contributed by atoms with Gasteiger partial charge in [0.25, 0.3) is 5.56 Å². The Morgan fingerprint density at radius 2 is 1.85 bits per heavy atom.